The van der Waals surface area contributed by atoms with Gasteiger partial charge in [0.05, 0.1) is 12.6 Å². The Morgan fingerprint density at radius 2 is 2.12 bits per heavy atom. The molecule has 0 saturated heterocycles. The summed E-state index contributed by atoms with van der Waals surface area (Å²) in [7, 11) is 0. The summed E-state index contributed by atoms with van der Waals surface area (Å²) in [4.78, 5) is 0. The molecule has 2 unspecified atom stereocenters. The minimum atomic E-state index is -0.235. The summed E-state index contributed by atoms with van der Waals surface area (Å²) < 4.78 is 13.0. The van der Waals surface area contributed by atoms with Gasteiger partial charge in [-0.2, -0.15) is 0 Å². The summed E-state index contributed by atoms with van der Waals surface area (Å²) in [5.74, 6) is -0.235. The van der Waals surface area contributed by atoms with Crippen molar-refractivity contribution in [1.29, 1.82) is 0 Å². The monoisotopic (exact) mass is 225 g/mol. The van der Waals surface area contributed by atoms with Gasteiger partial charge < -0.3 is 10.4 Å². The number of halogens is 1. The lowest BCUT2D eigenvalue weighted by Crippen LogP contribution is -2.32. The molecule has 0 aromatic heterocycles. The highest BCUT2D eigenvalue weighted by molar-refractivity contribution is 5.29. The fourth-order valence-electron chi connectivity index (χ4n) is 1.73. The van der Waals surface area contributed by atoms with E-state index in [1.54, 1.807) is 6.07 Å². The van der Waals surface area contributed by atoms with Crippen molar-refractivity contribution in [3.63, 3.8) is 0 Å². The zero-order valence-corrected chi connectivity index (χ0v) is 10.1. The Kier molecular flexibility index (Phi) is 4.90. The number of aliphatic hydroxyl groups excluding tert-OH is 1. The Hall–Kier alpha value is -0.930. The number of benzene rings is 1. The second kappa shape index (κ2) is 5.97. The number of aliphatic hydroxyl groups is 1. The summed E-state index contributed by atoms with van der Waals surface area (Å²) in [5, 5.41) is 12.7. The summed E-state index contributed by atoms with van der Waals surface area (Å²) in [6, 6.07) is 4.89. The third kappa shape index (κ3) is 3.29. The van der Waals surface area contributed by atoms with Crippen LogP contribution in [0.25, 0.3) is 0 Å². The zero-order chi connectivity index (χ0) is 12.1. The van der Waals surface area contributed by atoms with Crippen molar-refractivity contribution >= 4 is 0 Å². The topological polar surface area (TPSA) is 32.3 Å². The van der Waals surface area contributed by atoms with E-state index in [0.717, 1.165) is 17.5 Å². The molecule has 1 rings (SSSR count). The molecule has 0 radical (unpaired) electrons. The molecule has 1 aromatic carbocycles. The van der Waals surface area contributed by atoms with Gasteiger partial charge in [-0.3, -0.25) is 0 Å². The first-order chi connectivity index (χ1) is 7.58. The van der Waals surface area contributed by atoms with Gasteiger partial charge >= 0.3 is 0 Å². The number of aryl methyl sites for hydroxylation is 1. The van der Waals surface area contributed by atoms with Crippen LogP contribution < -0.4 is 5.32 Å². The average Bonchev–Trinajstić information content (AvgIpc) is 2.26. The van der Waals surface area contributed by atoms with Crippen LogP contribution in [0.5, 0.6) is 0 Å². The first kappa shape index (κ1) is 13.1. The van der Waals surface area contributed by atoms with Gasteiger partial charge in [0.1, 0.15) is 5.82 Å². The summed E-state index contributed by atoms with van der Waals surface area (Å²) in [6.45, 7) is 6.04. The van der Waals surface area contributed by atoms with Crippen molar-refractivity contribution in [2.75, 3.05) is 6.61 Å². The number of hydrogen-bond acceptors (Lipinski definition) is 2. The Morgan fingerprint density at radius 3 is 2.62 bits per heavy atom. The van der Waals surface area contributed by atoms with Crippen LogP contribution >= 0.6 is 0 Å². The van der Waals surface area contributed by atoms with Crippen molar-refractivity contribution in [2.45, 2.75) is 39.3 Å². The van der Waals surface area contributed by atoms with Gasteiger partial charge in [0.15, 0.2) is 0 Å². The zero-order valence-electron chi connectivity index (χ0n) is 10.1. The molecule has 0 spiro atoms. The molecule has 1 aromatic rings. The molecule has 3 heteroatoms. The van der Waals surface area contributed by atoms with Crippen molar-refractivity contribution in [1.82, 2.24) is 5.32 Å². The smallest absolute Gasteiger partial charge is 0.123 e. The standard InChI is InChI=1S/C13H20FNO/c1-4-10(3)15-13(8-16)12-6-5-11(14)7-9(12)2/h5-7,10,13,15-16H,4,8H2,1-3H3. The molecule has 0 saturated carbocycles. The van der Waals surface area contributed by atoms with Gasteiger partial charge in [-0.15, -0.1) is 0 Å². The first-order valence-corrected chi connectivity index (χ1v) is 5.71. The molecule has 90 valence electrons. The molecule has 0 bridgehead atoms. The van der Waals surface area contributed by atoms with E-state index in [0.29, 0.717) is 6.04 Å². The van der Waals surface area contributed by atoms with E-state index in [1.165, 1.54) is 12.1 Å². The molecular formula is C13H20FNO. The van der Waals surface area contributed by atoms with Crippen LogP contribution in [0.15, 0.2) is 18.2 Å². The summed E-state index contributed by atoms with van der Waals surface area (Å²) >= 11 is 0. The third-order valence-electron chi connectivity index (χ3n) is 2.89. The van der Waals surface area contributed by atoms with Gasteiger partial charge in [-0.05, 0) is 43.5 Å². The van der Waals surface area contributed by atoms with E-state index in [4.69, 9.17) is 0 Å². The lowest BCUT2D eigenvalue weighted by Gasteiger charge is -2.22. The van der Waals surface area contributed by atoms with E-state index < -0.39 is 0 Å². The fraction of sp³-hybridized carbons (Fsp3) is 0.538. The van der Waals surface area contributed by atoms with E-state index in [1.807, 2.05) is 6.92 Å². The minimum Gasteiger partial charge on any atom is -0.394 e. The second-order valence-corrected chi connectivity index (χ2v) is 4.21. The molecule has 2 nitrogen and oxygen atoms in total. The second-order valence-electron chi connectivity index (χ2n) is 4.21. The van der Waals surface area contributed by atoms with Crippen LogP contribution in [0, 0.1) is 12.7 Å². The van der Waals surface area contributed by atoms with Crippen LogP contribution in [-0.2, 0) is 0 Å². The lowest BCUT2D eigenvalue weighted by atomic mass is 10.0. The third-order valence-corrected chi connectivity index (χ3v) is 2.89. The van der Waals surface area contributed by atoms with Crippen LogP contribution in [-0.4, -0.2) is 17.8 Å². The van der Waals surface area contributed by atoms with Crippen molar-refractivity contribution in [2.24, 2.45) is 0 Å². The Balaban J connectivity index is 2.86. The van der Waals surface area contributed by atoms with Crippen LogP contribution in [0.4, 0.5) is 4.39 Å². The predicted molar refractivity (Wildman–Crippen MR) is 63.9 cm³/mol. The van der Waals surface area contributed by atoms with Crippen LogP contribution in [0.2, 0.25) is 0 Å². The molecule has 16 heavy (non-hydrogen) atoms. The molecule has 0 amide bonds. The lowest BCUT2D eigenvalue weighted by molar-refractivity contribution is 0.233. The molecular weight excluding hydrogens is 205 g/mol. The maximum absolute atomic E-state index is 13.0. The van der Waals surface area contributed by atoms with Gasteiger partial charge in [0.25, 0.3) is 0 Å². The quantitative estimate of drug-likeness (QED) is 0.807. The van der Waals surface area contributed by atoms with E-state index >= 15 is 0 Å². The maximum atomic E-state index is 13.0. The SMILES string of the molecule is CCC(C)NC(CO)c1ccc(F)cc1C. The molecule has 2 N–H and O–H groups in total. The average molecular weight is 225 g/mol. The highest BCUT2D eigenvalue weighted by atomic mass is 19.1. The van der Waals surface area contributed by atoms with Crippen LogP contribution in [0.3, 0.4) is 0 Å². The molecule has 0 aliphatic heterocycles. The Morgan fingerprint density at radius 1 is 1.44 bits per heavy atom. The van der Waals surface area contributed by atoms with Gasteiger partial charge in [0, 0.05) is 6.04 Å². The Labute approximate surface area is 96.5 Å². The Bertz CT molecular complexity index is 341. The van der Waals surface area contributed by atoms with Gasteiger partial charge in [0.2, 0.25) is 0 Å². The van der Waals surface area contributed by atoms with E-state index in [9.17, 15) is 9.50 Å². The normalized spacial score (nSPS) is 14.8. The molecule has 2 atom stereocenters. The highest BCUT2D eigenvalue weighted by Gasteiger charge is 2.14. The van der Waals surface area contributed by atoms with Crippen molar-refractivity contribution < 1.29 is 9.50 Å². The van der Waals surface area contributed by atoms with Crippen LogP contribution in [0.1, 0.15) is 37.4 Å². The van der Waals surface area contributed by atoms with E-state index in [-0.39, 0.29) is 18.5 Å². The molecule has 0 heterocycles. The molecule has 0 aliphatic rings. The number of rotatable bonds is 5. The van der Waals surface area contributed by atoms with Gasteiger partial charge in [-0.1, -0.05) is 13.0 Å². The first-order valence-electron chi connectivity index (χ1n) is 5.71. The summed E-state index contributed by atoms with van der Waals surface area (Å²) in [5.41, 5.74) is 1.83. The summed E-state index contributed by atoms with van der Waals surface area (Å²) in [6.07, 6.45) is 0.997. The molecule has 0 aliphatic carbocycles. The highest BCUT2D eigenvalue weighted by Crippen LogP contribution is 2.19. The predicted octanol–water partition coefficient (Wildman–Crippen LogP) is 2.56. The van der Waals surface area contributed by atoms with Crippen molar-refractivity contribution in [3.8, 4) is 0 Å². The van der Waals surface area contributed by atoms with Crippen molar-refractivity contribution in [3.05, 3.63) is 35.1 Å². The van der Waals surface area contributed by atoms with Gasteiger partial charge in [-0.25, -0.2) is 4.39 Å². The number of nitrogens with one attached hydrogen (secondary N) is 1. The largest absolute Gasteiger partial charge is 0.394 e. The minimum absolute atomic E-state index is 0.0246. The maximum Gasteiger partial charge on any atom is 0.123 e. The fourth-order valence-corrected chi connectivity index (χ4v) is 1.73. The van der Waals surface area contributed by atoms with E-state index in [2.05, 4.69) is 19.2 Å². The molecule has 0 fully saturated rings. The number of hydrogen-bond donors (Lipinski definition) is 2.